The van der Waals surface area contributed by atoms with Crippen molar-refractivity contribution in [3.63, 3.8) is 0 Å². The van der Waals surface area contributed by atoms with Crippen molar-refractivity contribution in [2.75, 3.05) is 7.11 Å². The van der Waals surface area contributed by atoms with Gasteiger partial charge in [0.1, 0.15) is 0 Å². The van der Waals surface area contributed by atoms with Gasteiger partial charge in [0.05, 0.1) is 13.3 Å². The van der Waals surface area contributed by atoms with Crippen molar-refractivity contribution in [2.45, 2.75) is 19.9 Å². The highest BCUT2D eigenvalue weighted by Gasteiger charge is 2.04. The number of phenols is 1. The number of ether oxygens (including phenoxy) is 1. The zero-order valence-electron chi connectivity index (χ0n) is 10.6. The predicted molar refractivity (Wildman–Crippen MR) is 76.3 cm³/mol. The zero-order chi connectivity index (χ0) is 13.5. The molecule has 1 aromatic rings. The molecule has 0 aromatic heterocycles. The summed E-state index contributed by atoms with van der Waals surface area (Å²) in [5.74, 6) is 0.454. The molecule has 0 radical (unpaired) electrons. The maximum Gasteiger partial charge on any atom is 0.187 e. The number of aromatic hydroxyl groups is 1. The highest BCUT2D eigenvalue weighted by molar-refractivity contribution is 7.80. The minimum atomic E-state index is 0.0493. The van der Waals surface area contributed by atoms with Gasteiger partial charge in [0.25, 0.3) is 0 Å². The van der Waals surface area contributed by atoms with Gasteiger partial charge < -0.3 is 15.2 Å². The third-order valence-corrected chi connectivity index (χ3v) is 2.25. The minimum Gasteiger partial charge on any atom is -0.504 e. The Balaban J connectivity index is 2.65. The molecule has 0 atom stereocenters. The summed E-state index contributed by atoms with van der Waals surface area (Å²) in [4.78, 5) is 0. The van der Waals surface area contributed by atoms with Gasteiger partial charge in [0, 0.05) is 11.6 Å². The number of nitrogens with one attached hydrogen (secondary N) is 2. The van der Waals surface area contributed by atoms with E-state index in [2.05, 4.69) is 15.8 Å². The van der Waals surface area contributed by atoms with Gasteiger partial charge >= 0.3 is 0 Å². The first kappa shape index (κ1) is 14.2. The number of rotatable bonds is 4. The largest absolute Gasteiger partial charge is 0.504 e. The summed E-state index contributed by atoms with van der Waals surface area (Å²) in [7, 11) is 1.50. The van der Waals surface area contributed by atoms with Gasteiger partial charge in [-0.2, -0.15) is 5.10 Å². The molecule has 6 heteroatoms. The van der Waals surface area contributed by atoms with Crippen LogP contribution in [0.2, 0.25) is 0 Å². The molecule has 0 saturated carbocycles. The van der Waals surface area contributed by atoms with E-state index in [1.807, 2.05) is 13.8 Å². The van der Waals surface area contributed by atoms with Gasteiger partial charge in [0.15, 0.2) is 16.6 Å². The lowest BCUT2D eigenvalue weighted by Crippen LogP contribution is -2.36. The lowest BCUT2D eigenvalue weighted by molar-refractivity contribution is 0.373. The summed E-state index contributed by atoms with van der Waals surface area (Å²) in [5, 5.41) is 17.2. The average molecular weight is 267 g/mol. The first-order chi connectivity index (χ1) is 8.54. The standard InChI is InChI=1S/C12H17N3O2S/c1-8(2)14-12(18)15-13-7-9-5-4-6-10(17-3)11(9)16/h4-8,16H,1-3H3,(H2,14,15,18). The van der Waals surface area contributed by atoms with Crippen molar-refractivity contribution in [3.8, 4) is 11.5 Å². The summed E-state index contributed by atoms with van der Waals surface area (Å²) in [6, 6.07) is 5.41. The molecule has 0 fully saturated rings. The molecule has 0 unspecified atom stereocenters. The Hall–Kier alpha value is -1.82. The summed E-state index contributed by atoms with van der Waals surface area (Å²) < 4.78 is 5.00. The second kappa shape index (κ2) is 6.80. The minimum absolute atomic E-state index is 0.0493. The highest BCUT2D eigenvalue weighted by atomic mass is 32.1. The van der Waals surface area contributed by atoms with Crippen LogP contribution in [0, 0.1) is 0 Å². The Bertz CT molecular complexity index is 447. The molecule has 0 aliphatic heterocycles. The van der Waals surface area contributed by atoms with Gasteiger partial charge in [-0.05, 0) is 38.2 Å². The van der Waals surface area contributed by atoms with Crippen LogP contribution in [-0.4, -0.2) is 29.6 Å². The van der Waals surface area contributed by atoms with Crippen LogP contribution >= 0.6 is 12.2 Å². The van der Waals surface area contributed by atoms with E-state index in [1.165, 1.54) is 13.3 Å². The van der Waals surface area contributed by atoms with Gasteiger partial charge in [-0.3, -0.25) is 5.43 Å². The fourth-order valence-corrected chi connectivity index (χ4v) is 1.55. The van der Waals surface area contributed by atoms with Gasteiger partial charge in [-0.25, -0.2) is 0 Å². The van der Waals surface area contributed by atoms with E-state index in [-0.39, 0.29) is 11.8 Å². The second-order valence-electron chi connectivity index (χ2n) is 3.90. The fraction of sp³-hybridized carbons (Fsp3) is 0.333. The molecule has 0 amide bonds. The van der Waals surface area contributed by atoms with Crippen LogP contribution in [0.15, 0.2) is 23.3 Å². The summed E-state index contributed by atoms with van der Waals surface area (Å²) >= 11 is 5.00. The fourth-order valence-electron chi connectivity index (χ4n) is 1.26. The van der Waals surface area contributed by atoms with E-state index >= 15 is 0 Å². The average Bonchev–Trinajstić information content (AvgIpc) is 2.30. The number of hydrazone groups is 1. The smallest absolute Gasteiger partial charge is 0.187 e. The van der Waals surface area contributed by atoms with Crippen LogP contribution in [0.5, 0.6) is 11.5 Å². The Morgan fingerprint density at radius 2 is 2.22 bits per heavy atom. The van der Waals surface area contributed by atoms with Crippen LogP contribution in [0.25, 0.3) is 0 Å². The quantitative estimate of drug-likeness (QED) is 0.439. The molecular weight excluding hydrogens is 250 g/mol. The van der Waals surface area contributed by atoms with Crippen LogP contribution in [0.1, 0.15) is 19.4 Å². The SMILES string of the molecule is COc1cccc(C=NNC(=S)NC(C)C)c1O. The molecule has 98 valence electrons. The summed E-state index contributed by atoms with van der Waals surface area (Å²) in [6.45, 7) is 3.96. The molecule has 18 heavy (non-hydrogen) atoms. The Kier molecular flexibility index (Phi) is 5.38. The molecule has 3 N–H and O–H groups in total. The van der Waals surface area contributed by atoms with E-state index in [1.54, 1.807) is 18.2 Å². The maximum atomic E-state index is 9.81. The van der Waals surface area contributed by atoms with Crippen molar-refractivity contribution in [3.05, 3.63) is 23.8 Å². The van der Waals surface area contributed by atoms with Crippen LogP contribution in [-0.2, 0) is 0 Å². The number of para-hydroxylation sites is 1. The number of hydrogen-bond acceptors (Lipinski definition) is 4. The number of methoxy groups -OCH3 is 1. The Labute approximate surface area is 112 Å². The highest BCUT2D eigenvalue weighted by Crippen LogP contribution is 2.27. The summed E-state index contributed by atoms with van der Waals surface area (Å²) in [6.07, 6.45) is 1.48. The van der Waals surface area contributed by atoms with Gasteiger partial charge in [-0.1, -0.05) is 6.07 Å². The van der Waals surface area contributed by atoms with E-state index < -0.39 is 0 Å². The van der Waals surface area contributed by atoms with Crippen molar-refractivity contribution in [1.82, 2.24) is 10.7 Å². The molecule has 0 bridgehead atoms. The third-order valence-electron chi connectivity index (χ3n) is 2.04. The van der Waals surface area contributed by atoms with Crippen molar-refractivity contribution >= 4 is 23.5 Å². The number of benzene rings is 1. The van der Waals surface area contributed by atoms with Gasteiger partial charge in [-0.15, -0.1) is 0 Å². The zero-order valence-corrected chi connectivity index (χ0v) is 11.4. The topological polar surface area (TPSA) is 65.9 Å². The predicted octanol–water partition coefficient (Wildman–Crippen LogP) is 1.61. The monoisotopic (exact) mass is 267 g/mol. The van der Waals surface area contributed by atoms with E-state index in [9.17, 15) is 5.11 Å². The molecular formula is C12H17N3O2S. The molecule has 0 saturated heterocycles. The Morgan fingerprint density at radius 3 is 2.83 bits per heavy atom. The van der Waals surface area contributed by atoms with E-state index in [0.717, 1.165) is 0 Å². The van der Waals surface area contributed by atoms with Crippen LogP contribution in [0.3, 0.4) is 0 Å². The molecule has 0 spiro atoms. The van der Waals surface area contributed by atoms with E-state index in [4.69, 9.17) is 17.0 Å². The molecule has 0 heterocycles. The molecule has 5 nitrogen and oxygen atoms in total. The number of hydrogen-bond donors (Lipinski definition) is 3. The first-order valence-electron chi connectivity index (χ1n) is 5.50. The van der Waals surface area contributed by atoms with Crippen molar-refractivity contribution in [1.29, 1.82) is 0 Å². The number of phenolic OH excluding ortho intramolecular Hbond substituents is 1. The van der Waals surface area contributed by atoms with Crippen LogP contribution in [0.4, 0.5) is 0 Å². The lowest BCUT2D eigenvalue weighted by Gasteiger charge is -2.09. The molecule has 0 aliphatic rings. The normalized spacial score (nSPS) is 10.7. The number of thiocarbonyl (C=S) groups is 1. The summed E-state index contributed by atoms with van der Waals surface area (Å²) in [5.41, 5.74) is 3.22. The second-order valence-corrected chi connectivity index (χ2v) is 4.30. The first-order valence-corrected chi connectivity index (χ1v) is 5.91. The van der Waals surface area contributed by atoms with E-state index in [0.29, 0.717) is 16.4 Å². The van der Waals surface area contributed by atoms with Gasteiger partial charge in [0.2, 0.25) is 0 Å². The molecule has 1 rings (SSSR count). The Morgan fingerprint density at radius 1 is 1.50 bits per heavy atom. The number of nitrogens with zero attached hydrogens (tertiary/aromatic N) is 1. The third kappa shape index (κ3) is 4.21. The maximum absolute atomic E-state index is 9.81. The van der Waals surface area contributed by atoms with Crippen molar-refractivity contribution in [2.24, 2.45) is 5.10 Å². The molecule has 0 aliphatic carbocycles. The van der Waals surface area contributed by atoms with Crippen LogP contribution < -0.4 is 15.5 Å². The lowest BCUT2D eigenvalue weighted by atomic mass is 10.2. The molecule has 1 aromatic carbocycles. The van der Waals surface area contributed by atoms with Crippen molar-refractivity contribution < 1.29 is 9.84 Å².